The van der Waals surface area contributed by atoms with Crippen molar-refractivity contribution >= 4 is 17.7 Å². The van der Waals surface area contributed by atoms with Gasteiger partial charge in [-0.3, -0.25) is 4.79 Å². The number of amides is 1. The summed E-state index contributed by atoms with van der Waals surface area (Å²) in [5, 5.41) is 8.50. The van der Waals surface area contributed by atoms with Gasteiger partial charge >= 0.3 is 0 Å². The molecule has 0 aliphatic heterocycles. The molecule has 1 heterocycles. The zero-order valence-corrected chi connectivity index (χ0v) is 15.1. The number of nitrogens with zero attached hydrogens (tertiary/aromatic N) is 3. The molecule has 0 N–H and O–H groups in total. The molecule has 1 aromatic heterocycles. The average Bonchev–Trinajstić information content (AvgIpc) is 2.93. The third-order valence-corrected chi connectivity index (χ3v) is 4.19. The van der Waals surface area contributed by atoms with Gasteiger partial charge in [-0.15, -0.1) is 10.2 Å². The lowest BCUT2D eigenvalue weighted by atomic mass is 10.1. The molecular weight excluding hydrogens is 310 g/mol. The largest absolute Gasteiger partial charge is 0.411 e. The number of aryl methyl sites for hydroxylation is 1. The lowest BCUT2D eigenvalue weighted by Crippen LogP contribution is -2.43. The fraction of sp³-hybridized carbons (Fsp3) is 0.471. The molecule has 0 unspecified atom stereocenters. The number of hydrogen-bond donors (Lipinski definition) is 0. The first-order valence-electron chi connectivity index (χ1n) is 7.73. The molecule has 5 nitrogen and oxygen atoms in total. The van der Waals surface area contributed by atoms with E-state index in [4.69, 9.17) is 4.42 Å². The van der Waals surface area contributed by atoms with Crippen LogP contribution >= 0.6 is 11.8 Å². The second kappa shape index (κ2) is 7.64. The van der Waals surface area contributed by atoms with Crippen LogP contribution in [0.5, 0.6) is 0 Å². The molecule has 2 rings (SSSR count). The van der Waals surface area contributed by atoms with Crippen molar-refractivity contribution in [2.24, 2.45) is 0 Å². The summed E-state index contributed by atoms with van der Waals surface area (Å²) in [4.78, 5) is 14.2. The Labute approximate surface area is 141 Å². The number of aromatic nitrogens is 2. The standard InChI is InChI=1S/C17H23N3O2S/c1-11(2)20(12(3)4)15(21)10-23-17-19-18-16(22-17)14-8-6-7-13(5)9-14/h6-9,11-12H,10H2,1-5H3. The molecule has 0 aliphatic carbocycles. The Morgan fingerprint density at radius 1 is 1.22 bits per heavy atom. The average molecular weight is 333 g/mol. The van der Waals surface area contributed by atoms with E-state index < -0.39 is 0 Å². The van der Waals surface area contributed by atoms with Gasteiger partial charge in [-0.05, 0) is 46.8 Å². The van der Waals surface area contributed by atoms with Crippen LogP contribution < -0.4 is 0 Å². The van der Waals surface area contributed by atoms with E-state index in [1.165, 1.54) is 11.8 Å². The van der Waals surface area contributed by atoms with Crippen LogP contribution in [0.1, 0.15) is 33.3 Å². The first-order valence-corrected chi connectivity index (χ1v) is 8.71. The topological polar surface area (TPSA) is 59.2 Å². The molecule has 0 fully saturated rings. The van der Waals surface area contributed by atoms with Crippen molar-refractivity contribution in [2.45, 2.75) is 51.9 Å². The fourth-order valence-corrected chi connectivity index (χ4v) is 3.17. The summed E-state index contributed by atoms with van der Waals surface area (Å²) in [5.74, 6) is 0.856. The second-order valence-electron chi connectivity index (χ2n) is 6.02. The minimum absolute atomic E-state index is 0.0790. The highest BCUT2D eigenvalue weighted by atomic mass is 32.2. The maximum absolute atomic E-state index is 12.3. The molecule has 0 bridgehead atoms. The first-order chi connectivity index (χ1) is 10.9. The Bertz CT molecular complexity index is 659. The Hall–Kier alpha value is -1.82. The van der Waals surface area contributed by atoms with E-state index in [1.54, 1.807) is 0 Å². The molecule has 0 spiro atoms. The number of carbonyl (C=O) groups excluding carboxylic acids is 1. The van der Waals surface area contributed by atoms with Crippen LogP contribution in [0, 0.1) is 6.92 Å². The van der Waals surface area contributed by atoms with E-state index in [0.717, 1.165) is 11.1 Å². The van der Waals surface area contributed by atoms with Crippen molar-refractivity contribution in [3.63, 3.8) is 0 Å². The van der Waals surface area contributed by atoms with Crippen LogP contribution in [-0.4, -0.2) is 38.8 Å². The number of benzene rings is 1. The van der Waals surface area contributed by atoms with Crippen molar-refractivity contribution in [1.29, 1.82) is 0 Å². The second-order valence-corrected chi connectivity index (χ2v) is 6.95. The van der Waals surface area contributed by atoms with E-state index in [1.807, 2.05) is 63.8 Å². The zero-order chi connectivity index (χ0) is 17.0. The van der Waals surface area contributed by atoms with Gasteiger partial charge in [-0.1, -0.05) is 29.5 Å². The highest BCUT2D eigenvalue weighted by Gasteiger charge is 2.21. The lowest BCUT2D eigenvalue weighted by Gasteiger charge is -2.30. The summed E-state index contributed by atoms with van der Waals surface area (Å²) in [5.41, 5.74) is 2.02. The summed E-state index contributed by atoms with van der Waals surface area (Å²) in [6.07, 6.45) is 0. The lowest BCUT2D eigenvalue weighted by molar-refractivity contribution is -0.131. The van der Waals surface area contributed by atoms with Crippen molar-refractivity contribution < 1.29 is 9.21 Å². The minimum Gasteiger partial charge on any atom is -0.411 e. The molecule has 0 saturated heterocycles. The van der Waals surface area contributed by atoms with Gasteiger partial charge in [-0.25, -0.2) is 0 Å². The van der Waals surface area contributed by atoms with E-state index >= 15 is 0 Å². The Morgan fingerprint density at radius 3 is 2.52 bits per heavy atom. The van der Waals surface area contributed by atoms with Gasteiger partial charge in [0.1, 0.15) is 0 Å². The Morgan fingerprint density at radius 2 is 1.91 bits per heavy atom. The van der Waals surface area contributed by atoms with Crippen molar-refractivity contribution in [1.82, 2.24) is 15.1 Å². The smallest absolute Gasteiger partial charge is 0.277 e. The number of rotatable bonds is 6. The third kappa shape index (κ3) is 4.58. The van der Waals surface area contributed by atoms with Crippen molar-refractivity contribution in [3.8, 4) is 11.5 Å². The van der Waals surface area contributed by atoms with Crippen molar-refractivity contribution in [2.75, 3.05) is 5.75 Å². The summed E-state index contributed by atoms with van der Waals surface area (Å²) in [6.45, 7) is 10.1. The molecule has 23 heavy (non-hydrogen) atoms. The van der Waals surface area contributed by atoms with Crippen LogP contribution in [0.4, 0.5) is 0 Å². The van der Waals surface area contributed by atoms with Gasteiger partial charge in [0, 0.05) is 17.6 Å². The first kappa shape index (κ1) is 17.5. The van der Waals surface area contributed by atoms with E-state index in [-0.39, 0.29) is 18.0 Å². The van der Waals surface area contributed by atoms with Crippen LogP contribution in [0.25, 0.3) is 11.5 Å². The molecule has 0 radical (unpaired) electrons. The quantitative estimate of drug-likeness (QED) is 0.753. The van der Waals surface area contributed by atoms with Gasteiger partial charge in [-0.2, -0.15) is 0 Å². The van der Waals surface area contributed by atoms with E-state index in [9.17, 15) is 4.79 Å². The summed E-state index contributed by atoms with van der Waals surface area (Å²) in [7, 11) is 0. The van der Waals surface area contributed by atoms with E-state index in [2.05, 4.69) is 10.2 Å². The van der Waals surface area contributed by atoms with E-state index in [0.29, 0.717) is 16.9 Å². The maximum atomic E-state index is 12.3. The summed E-state index contributed by atoms with van der Waals surface area (Å²) < 4.78 is 5.65. The van der Waals surface area contributed by atoms with Crippen LogP contribution in [-0.2, 0) is 4.79 Å². The SMILES string of the molecule is Cc1cccc(-c2nnc(SCC(=O)N(C(C)C)C(C)C)o2)c1. The number of thioether (sulfide) groups is 1. The molecular formula is C17H23N3O2S. The van der Waals surface area contributed by atoms with Crippen LogP contribution in [0.2, 0.25) is 0 Å². The predicted molar refractivity (Wildman–Crippen MR) is 92.3 cm³/mol. The van der Waals surface area contributed by atoms with Gasteiger partial charge in [0.05, 0.1) is 5.75 Å². The maximum Gasteiger partial charge on any atom is 0.277 e. The molecule has 1 amide bonds. The monoisotopic (exact) mass is 333 g/mol. The number of carbonyl (C=O) groups is 1. The van der Waals surface area contributed by atoms with Gasteiger partial charge < -0.3 is 9.32 Å². The summed E-state index contributed by atoms with van der Waals surface area (Å²) in [6, 6.07) is 8.24. The normalized spacial score (nSPS) is 11.3. The third-order valence-electron chi connectivity index (χ3n) is 3.39. The minimum atomic E-state index is 0.0790. The zero-order valence-electron chi connectivity index (χ0n) is 14.2. The molecule has 0 saturated carbocycles. The Balaban J connectivity index is 2.01. The highest BCUT2D eigenvalue weighted by Crippen LogP contribution is 2.24. The number of hydrogen-bond acceptors (Lipinski definition) is 5. The van der Waals surface area contributed by atoms with Crippen LogP contribution in [0.3, 0.4) is 0 Å². The molecule has 6 heteroatoms. The van der Waals surface area contributed by atoms with Gasteiger partial charge in [0.25, 0.3) is 5.22 Å². The van der Waals surface area contributed by atoms with Gasteiger partial charge in [0.2, 0.25) is 11.8 Å². The molecule has 1 aromatic carbocycles. The fourth-order valence-electron chi connectivity index (χ4n) is 2.53. The highest BCUT2D eigenvalue weighted by molar-refractivity contribution is 7.99. The van der Waals surface area contributed by atoms with Crippen molar-refractivity contribution in [3.05, 3.63) is 29.8 Å². The summed E-state index contributed by atoms with van der Waals surface area (Å²) >= 11 is 1.28. The molecule has 2 aromatic rings. The molecule has 0 atom stereocenters. The van der Waals surface area contributed by atoms with Gasteiger partial charge in [0.15, 0.2) is 0 Å². The Kier molecular flexibility index (Phi) is 5.82. The van der Waals surface area contributed by atoms with Crippen LogP contribution in [0.15, 0.2) is 33.9 Å². The molecule has 0 aliphatic rings. The predicted octanol–water partition coefficient (Wildman–Crippen LogP) is 3.78. The molecule has 124 valence electrons.